The zero-order chi connectivity index (χ0) is 14.8. The Morgan fingerprint density at radius 1 is 1.29 bits per heavy atom. The monoisotopic (exact) mass is 349 g/mol. The Balaban J connectivity index is 1.81. The third-order valence-electron chi connectivity index (χ3n) is 3.45. The molecule has 0 spiro atoms. The minimum atomic E-state index is -0.386. The second-order valence-corrected chi connectivity index (χ2v) is 5.68. The molecular formula is C16H13BrFNO2. The molecule has 0 aliphatic carbocycles. The maximum atomic E-state index is 13.2. The van der Waals surface area contributed by atoms with Gasteiger partial charge in [-0.1, -0.05) is 18.2 Å². The third kappa shape index (κ3) is 2.93. The molecular weight excluding hydrogens is 337 g/mol. The predicted molar refractivity (Wildman–Crippen MR) is 80.9 cm³/mol. The molecule has 21 heavy (non-hydrogen) atoms. The molecule has 0 fully saturated rings. The molecule has 1 aliphatic heterocycles. The van der Waals surface area contributed by atoms with Crippen LogP contribution in [0.2, 0.25) is 0 Å². The van der Waals surface area contributed by atoms with Crippen molar-refractivity contribution in [1.29, 1.82) is 0 Å². The second-order valence-electron chi connectivity index (χ2n) is 4.83. The van der Waals surface area contributed by atoms with Crippen LogP contribution in [-0.2, 0) is 0 Å². The summed E-state index contributed by atoms with van der Waals surface area (Å²) in [5.74, 6) is 0.190. The highest BCUT2D eigenvalue weighted by Crippen LogP contribution is 2.31. The van der Waals surface area contributed by atoms with Crippen molar-refractivity contribution in [3.05, 3.63) is 63.9 Å². The number of fused-ring (bicyclic) bond motifs is 1. The molecule has 3 nitrogen and oxygen atoms in total. The summed E-state index contributed by atoms with van der Waals surface area (Å²) in [4.78, 5) is 12.3. The zero-order valence-electron chi connectivity index (χ0n) is 11.1. The van der Waals surface area contributed by atoms with E-state index in [1.54, 1.807) is 0 Å². The van der Waals surface area contributed by atoms with Crippen LogP contribution in [0.25, 0.3) is 0 Å². The molecule has 0 saturated carbocycles. The van der Waals surface area contributed by atoms with Crippen molar-refractivity contribution in [2.45, 2.75) is 12.5 Å². The number of rotatable bonds is 2. The van der Waals surface area contributed by atoms with Gasteiger partial charge in [-0.3, -0.25) is 4.79 Å². The van der Waals surface area contributed by atoms with Crippen molar-refractivity contribution >= 4 is 21.8 Å². The lowest BCUT2D eigenvalue weighted by Crippen LogP contribution is -2.32. The number of carbonyl (C=O) groups excluding carboxylic acids is 1. The van der Waals surface area contributed by atoms with E-state index in [4.69, 9.17) is 4.74 Å². The molecule has 1 aliphatic rings. The smallest absolute Gasteiger partial charge is 0.251 e. The molecule has 0 saturated heterocycles. The van der Waals surface area contributed by atoms with Gasteiger partial charge in [0.25, 0.3) is 5.91 Å². The standard InChI is InChI=1S/C16H13BrFNO2/c17-12-9-10(5-6-13(12)18)16(20)19-14-7-8-21-15-4-2-1-3-11(14)15/h1-6,9,14H,7-8H2,(H,19,20). The van der Waals surface area contributed by atoms with Crippen LogP contribution in [0.3, 0.4) is 0 Å². The number of nitrogens with one attached hydrogen (secondary N) is 1. The predicted octanol–water partition coefficient (Wildman–Crippen LogP) is 3.84. The van der Waals surface area contributed by atoms with Gasteiger partial charge in [0, 0.05) is 17.5 Å². The van der Waals surface area contributed by atoms with Crippen LogP contribution in [0.1, 0.15) is 28.4 Å². The number of para-hydroxylation sites is 1. The minimum Gasteiger partial charge on any atom is -0.493 e. The van der Waals surface area contributed by atoms with Gasteiger partial charge in [0.15, 0.2) is 0 Å². The maximum absolute atomic E-state index is 13.2. The number of hydrogen-bond acceptors (Lipinski definition) is 2. The Bertz CT molecular complexity index is 690. The third-order valence-corrected chi connectivity index (χ3v) is 4.05. The number of halogens is 2. The van der Waals surface area contributed by atoms with Gasteiger partial charge in [-0.05, 0) is 40.2 Å². The molecule has 108 valence electrons. The average molecular weight is 350 g/mol. The first kappa shape index (κ1) is 14.1. The molecule has 3 rings (SSSR count). The Morgan fingerprint density at radius 2 is 2.10 bits per heavy atom. The zero-order valence-corrected chi connectivity index (χ0v) is 12.7. The van der Waals surface area contributed by atoms with Gasteiger partial charge in [0.2, 0.25) is 0 Å². The summed E-state index contributed by atoms with van der Waals surface area (Å²) in [5.41, 5.74) is 1.39. The fourth-order valence-electron chi connectivity index (χ4n) is 2.37. The molecule has 1 atom stereocenters. The molecule has 1 amide bonds. The molecule has 0 radical (unpaired) electrons. The summed E-state index contributed by atoms with van der Waals surface area (Å²) in [6.45, 7) is 0.565. The van der Waals surface area contributed by atoms with E-state index in [2.05, 4.69) is 21.2 Å². The van der Waals surface area contributed by atoms with Crippen LogP contribution in [0.15, 0.2) is 46.9 Å². The fraction of sp³-hybridized carbons (Fsp3) is 0.188. The normalized spacial score (nSPS) is 16.8. The number of amides is 1. The van der Waals surface area contributed by atoms with Crippen LogP contribution in [0.4, 0.5) is 4.39 Å². The topological polar surface area (TPSA) is 38.3 Å². The van der Waals surface area contributed by atoms with Crippen molar-refractivity contribution in [2.24, 2.45) is 0 Å². The van der Waals surface area contributed by atoms with Crippen molar-refractivity contribution in [2.75, 3.05) is 6.61 Å². The second kappa shape index (κ2) is 5.85. The molecule has 0 aromatic heterocycles. The first-order valence-corrected chi connectivity index (χ1v) is 7.42. The van der Waals surface area contributed by atoms with E-state index in [9.17, 15) is 9.18 Å². The van der Waals surface area contributed by atoms with E-state index < -0.39 is 0 Å². The van der Waals surface area contributed by atoms with Gasteiger partial charge in [0.1, 0.15) is 11.6 Å². The van der Waals surface area contributed by atoms with Gasteiger partial charge in [-0.2, -0.15) is 0 Å². The number of hydrogen-bond donors (Lipinski definition) is 1. The molecule has 1 unspecified atom stereocenters. The highest BCUT2D eigenvalue weighted by molar-refractivity contribution is 9.10. The van der Waals surface area contributed by atoms with Crippen LogP contribution in [0, 0.1) is 5.82 Å². The molecule has 1 heterocycles. The van der Waals surface area contributed by atoms with Crippen molar-refractivity contribution in [1.82, 2.24) is 5.32 Å². The van der Waals surface area contributed by atoms with E-state index in [1.165, 1.54) is 18.2 Å². The summed E-state index contributed by atoms with van der Waals surface area (Å²) in [6, 6.07) is 11.8. The summed E-state index contributed by atoms with van der Waals surface area (Å²) in [7, 11) is 0. The Hall–Kier alpha value is -1.88. The lowest BCUT2D eigenvalue weighted by molar-refractivity contribution is 0.0924. The maximum Gasteiger partial charge on any atom is 0.251 e. The number of ether oxygens (including phenoxy) is 1. The van der Waals surface area contributed by atoms with Gasteiger partial charge >= 0.3 is 0 Å². The van der Waals surface area contributed by atoms with E-state index in [0.717, 1.165) is 11.3 Å². The Kier molecular flexibility index (Phi) is 3.92. The minimum absolute atomic E-state index is 0.0914. The number of carbonyl (C=O) groups is 1. The van der Waals surface area contributed by atoms with Crippen LogP contribution in [0.5, 0.6) is 5.75 Å². The van der Waals surface area contributed by atoms with Crippen LogP contribution < -0.4 is 10.1 Å². The van der Waals surface area contributed by atoms with Gasteiger partial charge < -0.3 is 10.1 Å². The fourth-order valence-corrected chi connectivity index (χ4v) is 2.75. The summed E-state index contributed by atoms with van der Waals surface area (Å²) >= 11 is 3.09. The average Bonchev–Trinajstić information content (AvgIpc) is 2.50. The summed E-state index contributed by atoms with van der Waals surface area (Å²) in [5, 5.41) is 2.98. The molecule has 2 aromatic carbocycles. The van der Waals surface area contributed by atoms with E-state index in [0.29, 0.717) is 18.6 Å². The summed E-state index contributed by atoms with van der Waals surface area (Å²) in [6.07, 6.45) is 0.713. The van der Waals surface area contributed by atoms with Crippen molar-refractivity contribution < 1.29 is 13.9 Å². The number of benzene rings is 2. The van der Waals surface area contributed by atoms with E-state index in [1.807, 2.05) is 24.3 Å². The van der Waals surface area contributed by atoms with Gasteiger partial charge in [0.05, 0.1) is 17.1 Å². The lowest BCUT2D eigenvalue weighted by Gasteiger charge is -2.26. The van der Waals surface area contributed by atoms with E-state index in [-0.39, 0.29) is 22.2 Å². The Morgan fingerprint density at radius 3 is 2.90 bits per heavy atom. The molecule has 1 N–H and O–H groups in total. The quantitative estimate of drug-likeness (QED) is 0.894. The first-order valence-electron chi connectivity index (χ1n) is 6.63. The van der Waals surface area contributed by atoms with Crippen molar-refractivity contribution in [3.63, 3.8) is 0 Å². The van der Waals surface area contributed by atoms with Gasteiger partial charge in [-0.25, -0.2) is 4.39 Å². The van der Waals surface area contributed by atoms with Crippen LogP contribution >= 0.6 is 15.9 Å². The first-order chi connectivity index (χ1) is 10.1. The highest BCUT2D eigenvalue weighted by atomic mass is 79.9. The lowest BCUT2D eigenvalue weighted by atomic mass is 10.00. The highest BCUT2D eigenvalue weighted by Gasteiger charge is 2.23. The van der Waals surface area contributed by atoms with Gasteiger partial charge in [-0.15, -0.1) is 0 Å². The van der Waals surface area contributed by atoms with Crippen LogP contribution in [-0.4, -0.2) is 12.5 Å². The van der Waals surface area contributed by atoms with Crippen molar-refractivity contribution in [3.8, 4) is 5.75 Å². The molecule has 0 bridgehead atoms. The molecule has 5 heteroatoms. The summed E-state index contributed by atoms with van der Waals surface area (Å²) < 4.78 is 19.1. The largest absolute Gasteiger partial charge is 0.493 e. The Labute approximate surface area is 130 Å². The van der Waals surface area contributed by atoms with E-state index >= 15 is 0 Å². The SMILES string of the molecule is O=C(NC1CCOc2ccccc21)c1ccc(F)c(Br)c1. The molecule has 2 aromatic rings.